The van der Waals surface area contributed by atoms with E-state index in [-0.39, 0.29) is 17.1 Å². The molecule has 7 heteroatoms. The van der Waals surface area contributed by atoms with E-state index in [1.165, 1.54) is 7.05 Å². The maximum atomic E-state index is 12.5. The van der Waals surface area contributed by atoms with Gasteiger partial charge in [-0.3, -0.25) is 4.79 Å². The van der Waals surface area contributed by atoms with Crippen LogP contribution in [0.5, 0.6) is 0 Å². The lowest BCUT2D eigenvalue weighted by atomic mass is 9.89. The maximum absolute atomic E-state index is 12.5. The zero-order chi connectivity index (χ0) is 20.4. The summed E-state index contributed by atoms with van der Waals surface area (Å²) >= 11 is 6.30. The molecule has 0 aromatic heterocycles. The highest BCUT2D eigenvalue weighted by Crippen LogP contribution is 2.31. The van der Waals surface area contributed by atoms with Crippen molar-refractivity contribution in [1.29, 1.82) is 0 Å². The van der Waals surface area contributed by atoms with Crippen LogP contribution in [0.1, 0.15) is 51.2 Å². The predicted molar refractivity (Wildman–Crippen MR) is 106 cm³/mol. The molecule has 1 amide bonds. The van der Waals surface area contributed by atoms with Crippen LogP contribution in [0.3, 0.4) is 0 Å². The topological polar surface area (TPSA) is 79.2 Å². The molecule has 1 saturated carbocycles. The second kappa shape index (κ2) is 8.13. The lowest BCUT2D eigenvalue weighted by molar-refractivity contribution is -0.115. The first-order valence-electron chi connectivity index (χ1n) is 8.77. The van der Waals surface area contributed by atoms with Gasteiger partial charge in [0.15, 0.2) is 5.78 Å². The summed E-state index contributed by atoms with van der Waals surface area (Å²) in [6.07, 6.45) is 0.721. The van der Waals surface area contributed by atoms with Crippen molar-refractivity contribution in [3.8, 4) is 0 Å². The summed E-state index contributed by atoms with van der Waals surface area (Å²) in [5.41, 5.74) is 0.936. The molecule has 0 atom stereocenters. The van der Waals surface area contributed by atoms with E-state index in [4.69, 9.17) is 16.3 Å². The summed E-state index contributed by atoms with van der Waals surface area (Å²) < 4.78 is 5.28. The number of halogens is 1. The summed E-state index contributed by atoms with van der Waals surface area (Å²) in [6, 6.07) is 5.22. The highest BCUT2D eigenvalue weighted by molar-refractivity contribution is 6.34. The minimum atomic E-state index is -0.663. The fourth-order valence-corrected chi connectivity index (χ4v) is 2.93. The minimum absolute atomic E-state index is 0.101. The van der Waals surface area contributed by atoms with Gasteiger partial charge in [0, 0.05) is 19.0 Å². The van der Waals surface area contributed by atoms with Gasteiger partial charge in [-0.2, -0.15) is 5.10 Å². The molecule has 0 radical (unpaired) electrons. The van der Waals surface area contributed by atoms with Crippen molar-refractivity contribution in [2.24, 2.45) is 5.10 Å². The Morgan fingerprint density at radius 3 is 2.59 bits per heavy atom. The fraction of sp³-hybridized carbons (Fsp3) is 0.450. The number of Topliss-reactive ketones (excluding diaryl/α,β-unsaturated/α-hetero) is 1. The van der Waals surface area contributed by atoms with Crippen molar-refractivity contribution >= 4 is 34.9 Å². The zero-order valence-electron chi connectivity index (χ0n) is 16.3. The van der Waals surface area contributed by atoms with Gasteiger partial charge >= 0.3 is 6.09 Å². The average Bonchev–Trinajstić information content (AvgIpc) is 2.55. The quantitative estimate of drug-likeness (QED) is 0.441. The third-order valence-electron chi connectivity index (χ3n) is 4.00. The molecule has 0 aliphatic heterocycles. The molecule has 2 rings (SSSR count). The number of allylic oxidation sites excluding steroid dienone is 1. The second-order valence-corrected chi connectivity index (χ2v) is 7.87. The van der Waals surface area contributed by atoms with Crippen LogP contribution in [-0.2, 0) is 9.53 Å². The SMILES string of the molecule is Cc1cccc(C(O)=C2C(=O)CCCC2=NN(C)C(=O)OC(C)(C)C)c1Cl. The molecule has 1 aliphatic rings. The molecule has 1 aromatic carbocycles. The molecule has 0 unspecified atom stereocenters. The number of hydrogen-bond donors (Lipinski definition) is 1. The van der Waals surface area contributed by atoms with E-state index in [2.05, 4.69) is 5.10 Å². The Morgan fingerprint density at radius 2 is 1.96 bits per heavy atom. The molecule has 0 heterocycles. The number of amides is 1. The number of carbonyl (C=O) groups excluding carboxylic acids is 2. The van der Waals surface area contributed by atoms with E-state index < -0.39 is 11.7 Å². The van der Waals surface area contributed by atoms with Crippen molar-refractivity contribution in [2.75, 3.05) is 7.05 Å². The molecular formula is C20H25ClN2O4. The Labute approximate surface area is 164 Å². The van der Waals surface area contributed by atoms with Crippen LogP contribution in [0.4, 0.5) is 4.79 Å². The fourth-order valence-electron chi connectivity index (χ4n) is 2.71. The zero-order valence-corrected chi connectivity index (χ0v) is 17.1. The Balaban J connectivity index is 2.47. The predicted octanol–water partition coefficient (Wildman–Crippen LogP) is 4.89. The monoisotopic (exact) mass is 392 g/mol. The van der Waals surface area contributed by atoms with Crippen LogP contribution in [0, 0.1) is 6.92 Å². The minimum Gasteiger partial charge on any atom is -0.506 e. The van der Waals surface area contributed by atoms with Crippen LogP contribution in [0.25, 0.3) is 5.76 Å². The standard InChI is InChI=1S/C20H25ClN2O4/c1-12-8-6-9-13(17(12)21)18(25)16-14(10-7-11-15(16)24)22-23(5)19(26)27-20(2,3)4/h6,8-9,25H,7,10-11H2,1-5H3. The van der Waals surface area contributed by atoms with Crippen LogP contribution >= 0.6 is 11.6 Å². The summed E-state index contributed by atoms with van der Waals surface area (Å²) in [6.45, 7) is 7.09. The van der Waals surface area contributed by atoms with Crippen molar-refractivity contribution in [3.63, 3.8) is 0 Å². The first kappa shape index (κ1) is 21.0. The van der Waals surface area contributed by atoms with Crippen LogP contribution in [0.15, 0.2) is 28.9 Å². The molecule has 1 aliphatic carbocycles. The third kappa shape index (κ3) is 5.10. The van der Waals surface area contributed by atoms with Crippen LogP contribution in [-0.4, -0.2) is 40.4 Å². The molecule has 146 valence electrons. The number of aliphatic hydroxyl groups excluding tert-OH is 1. The van der Waals surface area contributed by atoms with E-state index in [0.717, 1.165) is 10.6 Å². The molecule has 6 nitrogen and oxygen atoms in total. The highest BCUT2D eigenvalue weighted by Gasteiger charge is 2.29. The molecule has 1 N–H and O–H groups in total. The van der Waals surface area contributed by atoms with Gasteiger partial charge < -0.3 is 9.84 Å². The van der Waals surface area contributed by atoms with Crippen molar-refractivity contribution in [2.45, 2.75) is 52.6 Å². The van der Waals surface area contributed by atoms with E-state index in [1.807, 2.05) is 13.0 Å². The third-order valence-corrected chi connectivity index (χ3v) is 4.50. The number of aryl methyl sites for hydroxylation is 1. The molecule has 0 bridgehead atoms. The second-order valence-electron chi connectivity index (χ2n) is 7.49. The van der Waals surface area contributed by atoms with Gasteiger partial charge in [0.25, 0.3) is 0 Å². The Hall–Kier alpha value is -2.34. The van der Waals surface area contributed by atoms with E-state index >= 15 is 0 Å². The van der Waals surface area contributed by atoms with E-state index in [9.17, 15) is 14.7 Å². The van der Waals surface area contributed by atoms with Gasteiger partial charge in [-0.25, -0.2) is 9.80 Å². The number of carbonyl (C=O) groups is 2. The van der Waals surface area contributed by atoms with E-state index in [1.54, 1.807) is 32.9 Å². The van der Waals surface area contributed by atoms with Crippen molar-refractivity contribution < 1.29 is 19.4 Å². The Morgan fingerprint density at radius 1 is 1.30 bits per heavy atom. The molecule has 27 heavy (non-hydrogen) atoms. The van der Waals surface area contributed by atoms with Crippen LogP contribution < -0.4 is 0 Å². The van der Waals surface area contributed by atoms with Gasteiger partial charge in [-0.15, -0.1) is 0 Å². The number of rotatable bonds is 2. The van der Waals surface area contributed by atoms with Gasteiger partial charge in [0.05, 0.1) is 16.3 Å². The maximum Gasteiger partial charge on any atom is 0.430 e. The van der Waals surface area contributed by atoms with Crippen molar-refractivity contribution in [1.82, 2.24) is 5.01 Å². The molecular weight excluding hydrogens is 368 g/mol. The molecule has 1 aromatic rings. The number of benzene rings is 1. The molecule has 0 saturated heterocycles. The number of aliphatic hydroxyl groups is 1. The average molecular weight is 393 g/mol. The molecule has 1 fully saturated rings. The molecule has 0 spiro atoms. The lowest BCUT2D eigenvalue weighted by Gasteiger charge is -2.24. The summed E-state index contributed by atoms with van der Waals surface area (Å²) in [5, 5.41) is 16.5. The van der Waals surface area contributed by atoms with Gasteiger partial charge in [-0.1, -0.05) is 23.7 Å². The number of ketones is 1. The van der Waals surface area contributed by atoms with Gasteiger partial charge in [-0.05, 0) is 52.2 Å². The Bertz CT molecular complexity index is 822. The van der Waals surface area contributed by atoms with Crippen LogP contribution in [0.2, 0.25) is 5.02 Å². The largest absolute Gasteiger partial charge is 0.506 e. The lowest BCUT2D eigenvalue weighted by Crippen LogP contribution is -2.33. The number of ether oxygens (including phenoxy) is 1. The van der Waals surface area contributed by atoms with Gasteiger partial charge in [0.2, 0.25) is 0 Å². The first-order chi connectivity index (χ1) is 12.5. The van der Waals surface area contributed by atoms with E-state index in [0.29, 0.717) is 35.6 Å². The number of hydrogen-bond acceptors (Lipinski definition) is 5. The summed E-state index contributed by atoms with van der Waals surface area (Å²) in [5.74, 6) is -0.447. The number of nitrogens with zero attached hydrogens (tertiary/aromatic N) is 2. The summed E-state index contributed by atoms with van der Waals surface area (Å²) in [7, 11) is 1.45. The Kier molecular flexibility index (Phi) is 6.31. The number of hydrazone groups is 1. The van der Waals surface area contributed by atoms with Crippen molar-refractivity contribution in [3.05, 3.63) is 39.9 Å². The highest BCUT2D eigenvalue weighted by atomic mass is 35.5. The normalized spacial score (nSPS) is 18.4. The first-order valence-corrected chi connectivity index (χ1v) is 9.15. The summed E-state index contributed by atoms with van der Waals surface area (Å²) in [4.78, 5) is 24.7. The van der Waals surface area contributed by atoms with Gasteiger partial charge in [0.1, 0.15) is 11.4 Å². The smallest absolute Gasteiger partial charge is 0.430 e.